The topological polar surface area (TPSA) is 80.1 Å². The normalized spacial score (nSPS) is 18.9. The maximum absolute atomic E-state index is 14.1. The first-order valence-electron chi connectivity index (χ1n) is 11.1. The summed E-state index contributed by atoms with van der Waals surface area (Å²) < 4.78 is 11.5. The molecule has 0 aliphatic carbocycles. The van der Waals surface area contributed by atoms with Crippen molar-refractivity contribution in [3.63, 3.8) is 0 Å². The van der Waals surface area contributed by atoms with Crippen molar-refractivity contribution in [1.82, 2.24) is 4.90 Å². The van der Waals surface area contributed by atoms with Crippen molar-refractivity contribution in [2.24, 2.45) is 0 Å². The molecular weight excluding hydrogens is 420 g/mol. The zero-order chi connectivity index (χ0) is 23.2. The molecule has 2 amide bonds. The summed E-state index contributed by atoms with van der Waals surface area (Å²) in [5.41, 5.74) is -0.276. The van der Waals surface area contributed by atoms with E-state index in [4.69, 9.17) is 9.15 Å². The van der Waals surface area contributed by atoms with Crippen molar-refractivity contribution in [2.45, 2.75) is 18.9 Å². The highest BCUT2D eigenvalue weighted by Crippen LogP contribution is 2.52. The predicted octanol–water partition coefficient (Wildman–Crippen LogP) is 3.45. The molecule has 1 spiro atoms. The van der Waals surface area contributed by atoms with E-state index in [1.807, 2.05) is 31.2 Å². The highest BCUT2D eigenvalue weighted by Gasteiger charge is 2.64. The monoisotopic (exact) mass is 444 g/mol. The molecule has 3 aromatic rings. The van der Waals surface area contributed by atoms with E-state index >= 15 is 0 Å². The lowest BCUT2D eigenvalue weighted by Gasteiger charge is -2.34. The highest BCUT2D eigenvalue weighted by molar-refractivity contribution is 6.17. The van der Waals surface area contributed by atoms with Crippen LogP contribution in [0.3, 0.4) is 0 Å². The predicted molar refractivity (Wildman–Crippen MR) is 124 cm³/mol. The second kappa shape index (κ2) is 8.01. The van der Waals surface area contributed by atoms with Crippen molar-refractivity contribution in [2.75, 3.05) is 31.2 Å². The van der Waals surface area contributed by atoms with Crippen LogP contribution in [0, 0.1) is 0 Å². The van der Waals surface area contributed by atoms with Crippen LogP contribution < -0.4 is 10.3 Å². The zero-order valence-electron chi connectivity index (χ0n) is 18.4. The minimum Gasteiger partial charge on any atom is -0.450 e. The third-order valence-corrected chi connectivity index (χ3v) is 6.33. The summed E-state index contributed by atoms with van der Waals surface area (Å²) in [6.45, 7) is 7.16. The van der Waals surface area contributed by atoms with Crippen LogP contribution in [0.2, 0.25) is 0 Å². The van der Waals surface area contributed by atoms with Gasteiger partial charge in [-0.05, 0) is 31.5 Å². The third-order valence-electron chi connectivity index (χ3n) is 6.33. The number of anilines is 1. The molecule has 7 nitrogen and oxygen atoms in total. The Bertz CT molecular complexity index is 1340. The molecule has 33 heavy (non-hydrogen) atoms. The van der Waals surface area contributed by atoms with Crippen LogP contribution in [0.1, 0.15) is 35.0 Å². The van der Waals surface area contributed by atoms with E-state index in [9.17, 15) is 14.4 Å². The minimum atomic E-state index is -1.58. The summed E-state index contributed by atoms with van der Waals surface area (Å²) in [7, 11) is 0. The molecule has 7 heteroatoms. The smallest absolute Gasteiger partial charge is 0.291 e. The number of hydrogen-bond acceptors (Lipinski definition) is 5. The lowest BCUT2D eigenvalue weighted by atomic mass is 9.84. The number of hydrogen-bond donors (Lipinski definition) is 0. The summed E-state index contributed by atoms with van der Waals surface area (Å²) in [6.07, 6.45) is 2.15. The first-order valence-corrected chi connectivity index (χ1v) is 11.1. The molecule has 0 saturated carbocycles. The molecule has 1 atom stereocenters. The number of fused-ring (bicyclic) bond motifs is 5. The molecule has 0 unspecified atom stereocenters. The van der Waals surface area contributed by atoms with Crippen molar-refractivity contribution in [3.8, 4) is 0 Å². The van der Waals surface area contributed by atoms with Crippen molar-refractivity contribution >= 4 is 28.5 Å². The van der Waals surface area contributed by atoms with Gasteiger partial charge in [-0.15, -0.1) is 6.58 Å². The highest BCUT2D eigenvalue weighted by atomic mass is 16.5. The Morgan fingerprint density at radius 2 is 1.85 bits per heavy atom. The summed E-state index contributed by atoms with van der Waals surface area (Å²) in [6, 6.07) is 14.1. The number of rotatable bonds is 7. The minimum absolute atomic E-state index is 0.0706. The van der Waals surface area contributed by atoms with Gasteiger partial charge in [0.05, 0.1) is 16.6 Å². The Morgan fingerprint density at radius 3 is 2.64 bits per heavy atom. The Hall–Kier alpha value is -3.71. The number of ether oxygens (including phenoxy) is 1. The second-order valence-corrected chi connectivity index (χ2v) is 8.07. The zero-order valence-corrected chi connectivity index (χ0v) is 18.4. The van der Waals surface area contributed by atoms with Gasteiger partial charge in [0.15, 0.2) is 11.0 Å². The van der Waals surface area contributed by atoms with E-state index in [1.165, 1.54) is 4.90 Å². The Labute approximate surface area is 190 Å². The van der Waals surface area contributed by atoms with E-state index < -0.39 is 11.4 Å². The number of nitrogens with zero attached hydrogens (tertiary/aromatic N) is 2. The van der Waals surface area contributed by atoms with E-state index in [2.05, 4.69) is 6.58 Å². The molecule has 2 aliphatic heterocycles. The lowest BCUT2D eigenvalue weighted by Crippen LogP contribution is -2.53. The molecule has 2 aliphatic rings. The number of para-hydroxylation sites is 2. The molecule has 2 aromatic carbocycles. The molecule has 0 fully saturated rings. The molecule has 1 aromatic heterocycles. The van der Waals surface area contributed by atoms with E-state index in [1.54, 1.807) is 35.2 Å². The lowest BCUT2D eigenvalue weighted by molar-refractivity contribution is -0.126. The van der Waals surface area contributed by atoms with Gasteiger partial charge in [-0.2, -0.15) is 0 Å². The van der Waals surface area contributed by atoms with Crippen molar-refractivity contribution in [1.29, 1.82) is 0 Å². The molecule has 168 valence electrons. The largest absolute Gasteiger partial charge is 0.450 e. The van der Waals surface area contributed by atoms with Crippen LogP contribution in [0.4, 0.5) is 5.69 Å². The average Bonchev–Trinajstić information content (AvgIpc) is 3.22. The molecule has 5 rings (SSSR count). The quantitative estimate of drug-likeness (QED) is 0.412. The van der Waals surface area contributed by atoms with E-state index in [-0.39, 0.29) is 35.7 Å². The van der Waals surface area contributed by atoms with Crippen LogP contribution in [0.25, 0.3) is 11.0 Å². The van der Waals surface area contributed by atoms with Crippen molar-refractivity contribution < 1.29 is 18.7 Å². The number of benzene rings is 2. The summed E-state index contributed by atoms with van der Waals surface area (Å²) >= 11 is 0. The van der Waals surface area contributed by atoms with Crippen LogP contribution in [-0.2, 0) is 15.1 Å². The molecular formula is C26H24N2O5. The molecule has 0 radical (unpaired) electrons. The summed E-state index contributed by atoms with van der Waals surface area (Å²) in [5, 5.41) is 0.340. The van der Waals surface area contributed by atoms with Crippen LogP contribution >= 0.6 is 0 Å². The number of carbonyl (C=O) groups excluding carboxylic acids is 2. The first kappa shape index (κ1) is 21.2. The van der Waals surface area contributed by atoms with Gasteiger partial charge >= 0.3 is 0 Å². The molecule has 0 N–H and O–H groups in total. The number of carbonyl (C=O) groups is 2. The van der Waals surface area contributed by atoms with Gasteiger partial charge in [0, 0.05) is 31.9 Å². The SMILES string of the molecule is C=CCN1C(=O)[C@]2(c3ccccc31)c1c(oc3ccccc3c1=O)C(=O)N2CCCOCC. The fourth-order valence-electron chi connectivity index (χ4n) is 5.02. The fraction of sp³-hybridized carbons (Fsp3) is 0.269. The third kappa shape index (κ3) is 2.82. The van der Waals surface area contributed by atoms with Gasteiger partial charge in [-0.1, -0.05) is 36.4 Å². The van der Waals surface area contributed by atoms with Crippen LogP contribution in [0.15, 0.2) is 70.4 Å². The van der Waals surface area contributed by atoms with Gasteiger partial charge in [-0.3, -0.25) is 14.4 Å². The Kier molecular flexibility index (Phi) is 5.13. The average molecular weight is 444 g/mol. The van der Waals surface area contributed by atoms with Gasteiger partial charge < -0.3 is 19.0 Å². The van der Waals surface area contributed by atoms with Crippen molar-refractivity contribution in [3.05, 3.63) is 88.3 Å². The Morgan fingerprint density at radius 1 is 1.09 bits per heavy atom. The van der Waals surface area contributed by atoms with E-state index in [0.29, 0.717) is 41.9 Å². The Balaban J connectivity index is 1.81. The first-order chi connectivity index (χ1) is 16.1. The van der Waals surface area contributed by atoms with Gasteiger partial charge in [-0.25, -0.2) is 0 Å². The summed E-state index contributed by atoms with van der Waals surface area (Å²) in [5.74, 6) is -0.888. The standard InChI is InChI=1S/C26H24N2O5/c1-3-14-27-19-12-7-6-11-18(19)26(25(27)31)21-22(29)17-10-5-8-13-20(17)33-23(21)24(30)28(26)15-9-16-32-4-2/h3,5-8,10-13H,1,4,9,14-16H2,2H3/t26-/m0/s1. The van der Waals surface area contributed by atoms with Gasteiger partial charge in [0.2, 0.25) is 5.76 Å². The molecule has 3 heterocycles. The maximum Gasteiger partial charge on any atom is 0.291 e. The molecule has 0 saturated heterocycles. The van der Waals surface area contributed by atoms with Gasteiger partial charge in [0.25, 0.3) is 11.8 Å². The number of amides is 2. The molecule has 0 bridgehead atoms. The fourth-order valence-corrected chi connectivity index (χ4v) is 5.02. The van der Waals surface area contributed by atoms with Gasteiger partial charge in [0.1, 0.15) is 5.58 Å². The van der Waals surface area contributed by atoms with E-state index in [0.717, 1.165) is 0 Å². The second-order valence-electron chi connectivity index (χ2n) is 8.07. The summed E-state index contributed by atoms with van der Waals surface area (Å²) in [4.78, 5) is 44.7. The maximum atomic E-state index is 14.1. The van der Waals surface area contributed by atoms with Crippen LogP contribution in [0.5, 0.6) is 0 Å². The van der Waals surface area contributed by atoms with Crippen LogP contribution in [-0.4, -0.2) is 43.0 Å².